The van der Waals surface area contributed by atoms with Crippen LogP contribution in [0.2, 0.25) is 0 Å². The second kappa shape index (κ2) is 10.6. The summed E-state index contributed by atoms with van der Waals surface area (Å²) in [7, 11) is 0. The Bertz CT molecular complexity index is 1110. The van der Waals surface area contributed by atoms with Gasteiger partial charge in [0.05, 0.1) is 11.0 Å². The zero-order valence-electron chi connectivity index (χ0n) is 19.2. The van der Waals surface area contributed by atoms with Crippen LogP contribution in [0.15, 0.2) is 42.5 Å². The van der Waals surface area contributed by atoms with E-state index in [1.54, 1.807) is 19.1 Å². The smallest absolute Gasteiger partial charge is 0.257 e. The van der Waals surface area contributed by atoms with Gasteiger partial charge in [-0.05, 0) is 63.1 Å². The highest BCUT2D eigenvalue weighted by atomic mass is 16.1. The van der Waals surface area contributed by atoms with Gasteiger partial charge < -0.3 is 4.98 Å². The van der Waals surface area contributed by atoms with Crippen LogP contribution in [0.1, 0.15) is 68.9 Å². The maximum Gasteiger partial charge on any atom is 0.257 e. The number of rotatable bonds is 4. The topological polar surface area (TPSA) is 74.8 Å². The second-order valence-electron chi connectivity index (χ2n) is 7.83. The van der Waals surface area contributed by atoms with E-state index in [1.165, 1.54) is 0 Å². The normalized spacial score (nSPS) is 10.5. The molecule has 3 aromatic rings. The minimum absolute atomic E-state index is 0.100. The fourth-order valence-corrected chi connectivity index (χ4v) is 3.11. The van der Waals surface area contributed by atoms with Gasteiger partial charge in [-0.25, -0.2) is 4.98 Å². The molecule has 2 aromatic carbocycles. The lowest BCUT2D eigenvalue weighted by Gasteiger charge is -2.23. The quantitative estimate of drug-likeness (QED) is 0.527. The molecule has 0 saturated heterocycles. The van der Waals surface area contributed by atoms with Crippen LogP contribution >= 0.6 is 0 Å². The van der Waals surface area contributed by atoms with E-state index in [9.17, 15) is 9.59 Å². The molecule has 1 heterocycles. The summed E-state index contributed by atoms with van der Waals surface area (Å²) >= 11 is 0. The number of amides is 1. The minimum atomic E-state index is -0.579. The predicted octanol–water partition coefficient (Wildman–Crippen LogP) is 5.80. The Balaban J connectivity index is 0.000000501. The van der Waals surface area contributed by atoms with E-state index in [2.05, 4.69) is 41.0 Å². The number of fused-ring (bicyclic) bond motifs is 1. The third-order valence-corrected chi connectivity index (χ3v) is 5.13. The van der Waals surface area contributed by atoms with Gasteiger partial charge in [0, 0.05) is 23.8 Å². The van der Waals surface area contributed by atoms with Gasteiger partial charge in [0.2, 0.25) is 5.95 Å². The number of hydrogen-bond donors (Lipinski definition) is 2. The van der Waals surface area contributed by atoms with Gasteiger partial charge in [-0.15, -0.1) is 11.8 Å². The van der Waals surface area contributed by atoms with Gasteiger partial charge in [0.15, 0.2) is 0 Å². The highest BCUT2D eigenvalue weighted by Gasteiger charge is 2.28. The van der Waals surface area contributed by atoms with E-state index in [1.807, 2.05) is 51.1 Å². The van der Waals surface area contributed by atoms with Crippen molar-refractivity contribution in [2.45, 2.75) is 59.8 Å². The molecule has 1 aromatic heterocycles. The van der Waals surface area contributed by atoms with Crippen molar-refractivity contribution in [3.05, 3.63) is 59.2 Å². The fourth-order valence-electron chi connectivity index (χ4n) is 3.11. The predicted molar refractivity (Wildman–Crippen MR) is 127 cm³/mol. The minimum Gasteiger partial charge on any atom is -0.324 e. The van der Waals surface area contributed by atoms with E-state index in [-0.39, 0.29) is 11.7 Å². The first kappa shape index (κ1) is 23.9. The van der Waals surface area contributed by atoms with Crippen molar-refractivity contribution >= 4 is 28.7 Å². The van der Waals surface area contributed by atoms with E-state index in [0.29, 0.717) is 11.5 Å². The lowest BCUT2D eigenvalue weighted by Crippen LogP contribution is -2.27. The average Bonchev–Trinajstić information content (AvgIpc) is 3.13. The molecule has 0 bridgehead atoms. The lowest BCUT2D eigenvalue weighted by atomic mass is 9.79. The van der Waals surface area contributed by atoms with Crippen molar-refractivity contribution in [3.8, 4) is 11.8 Å². The van der Waals surface area contributed by atoms with Gasteiger partial charge >= 0.3 is 0 Å². The number of carbonyl (C=O) groups is 2. The van der Waals surface area contributed by atoms with Crippen molar-refractivity contribution in [2.75, 3.05) is 5.32 Å². The average molecular weight is 418 g/mol. The standard InChI is InChI=1S/C20H21N3O2.C6H10/c1-12-10-16-17(11-15(12)20(3,4)13(2)24)22-19(21-16)23-18(25)14-8-6-5-7-9-14;1-3-5-6-4-2/h5-11H,1-4H3,(H2,21,22,23,25);3-4H2,1-2H3. The summed E-state index contributed by atoms with van der Waals surface area (Å²) in [6, 6.07) is 12.9. The van der Waals surface area contributed by atoms with Crippen LogP contribution < -0.4 is 5.32 Å². The van der Waals surface area contributed by atoms with Gasteiger partial charge in [0.25, 0.3) is 5.91 Å². The Morgan fingerprint density at radius 1 is 1.06 bits per heavy atom. The van der Waals surface area contributed by atoms with Crippen LogP contribution in [-0.4, -0.2) is 21.7 Å². The zero-order valence-corrected chi connectivity index (χ0v) is 19.2. The largest absolute Gasteiger partial charge is 0.324 e. The first-order valence-electron chi connectivity index (χ1n) is 10.5. The van der Waals surface area contributed by atoms with Crippen LogP contribution in [0, 0.1) is 18.8 Å². The summed E-state index contributed by atoms with van der Waals surface area (Å²) in [6.45, 7) is 11.5. The molecule has 1 amide bonds. The third-order valence-electron chi connectivity index (χ3n) is 5.13. The van der Waals surface area contributed by atoms with Crippen LogP contribution in [0.25, 0.3) is 11.0 Å². The molecule has 0 radical (unpaired) electrons. The molecule has 0 spiro atoms. The van der Waals surface area contributed by atoms with Crippen LogP contribution in [0.3, 0.4) is 0 Å². The molecule has 162 valence electrons. The number of ketones is 1. The fraction of sp³-hybridized carbons (Fsp3) is 0.346. The number of nitrogens with zero attached hydrogens (tertiary/aromatic N) is 1. The summed E-state index contributed by atoms with van der Waals surface area (Å²) in [4.78, 5) is 31.8. The first-order valence-corrected chi connectivity index (χ1v) is 10.5. The summed E-state index contributed by atoms with van der Waals surface area (Å²) < 4.78 is 0. The molecule has 0 fully saturated rings. The van der Waals surface area contributed by atoms with E-state index < -0.39 is 5.41 Å². The molecule has 3 rings (SSSR count). The Hall–Kier alpha value is -3.39. The Labute approximate surface area is 184 Å². The first-order chi connectivity index (χ1) is 14.7. The van der Waals surface area contributed by atoms with E-state index >= 15 is 0 Å². The second-order valence-corrected chi connectivity index (χ2v) is 7.83. The number of hydrogen-bond acceptors (Lipinski definition) is 3. The highest BCUT2D eigenvalue weighted by Crippen LogP contribution is 2.30. The number of H-pyrrole nitrogens is 1. The van der Waals surface area contributed by atoms with Crippen molar-refractivity contribution in [2.24, 2.45) is 0 Å². The molecular weight excluding hydrogens is 386 g/mol. The van der Waals surface area contributed by atoms with Gasteiger partial charge in [-0.2, -0.15) is 0 Å². The van der Waals surface area contributed by atoms with Gasteiger partial charge in [0.1, 0.15) is 5.78 Å². The van der Waals surface area contributed by atoms with Crippen molar-refractivity contribution in [3.63, 3.8) is 0 Å². The Morgan fingerprint density at radius 2 is 1.68 bits per heavy atom. The lowest BCUT2D eigenvalue weighted by molar-refractivity contribution is -0.121. The van der Waals surface area contributed by atoms with Crippen LogP contribution in [-0.2, 0) is 10.2 Å². The monoisotopic (exact) mass is 417 g/mol. The van der Waals surface area contributed by atoms with Crippen LogP contribution in [0.5, 0.6) is 0 Å². The SMILES string of the molecule is CC(=O)C(C)(C)c1cc2nc(NC(=O)c3ccccc3)[nH]c2cc1C.CCC#CCC. The molecule has 0 aliphatic carbocycles. The molecule has 0 saturated carbocycles. The summed E-state index contributed by atoms with van der Waals surface area (Å²) in [5.74, 6) is 6.16. The zero-order chi connectivity index (χ0) is 23.0. The van der Waals surface area contributed by atoms with Crippen LogP contribution in [0.4, 0.5) is 5.95 Å². The molecular formula is C26H31N3O2. The molecule has 0 unspecified atom stereocenters. The molecule has 2 N–H and O–H groups in total. The summed E-state index contributed by atoms with van der Waals surface area (Å²) in [5, 5.41) is 2.78. The summed E-state index contributed by atoms with van der Waals surface area (Å²) in [5.41, 5.74) is 3.49. The van der Waals surface area contributed by atoms with Crippen molar-refractivity contribution in [1.82, 2.24) is 9.97 Å². The van der Waals surface area contributed by atoms with Crippen molar-refractivity contribution < 1.29 is 9.59 Å². The Morgan fingerprint density at radius 3 is 2.23 bits per heavy atom. The Kier molecular flexibility index (Phi) is 8.15. The van der Waals surface area contributed by atoms with Gasteiger partial charge in [-0.1, -0.05) is 32.0 Å². The molecule has 0 atom stereocenters. The molecule has 0 aliphatic heterocycles. The number of aromatic nitrogens is 2. The third kappa shape index (κ3) is 6.05. The van der Waals surface area contributed by atoms with E-state index in [0.717, 1.165) is 35.0 Å². The maximum absolute atomic E-state index is 12.3. The number of aromatic amines is 1. The number of aryl methyl sites for hydroxylation is 1. The van der Waals surface area contributed by atoms with Gasteiger partial charge in [-0.3, -0.25) is 14.9 Å². The number of nitrogens with one attached hydrogen (secondary N) is 2. The summed E-state index contributed by atoms with van der Waals surface area (Å²) in [6.07, 6.45) is 1.99. The number of benzene rings is 2. The molecule has 5 nitrogen and oxygen atoms in total. The maximum atomic E-state index is 12.3. The number of carbonyl (C=O) groups excluding carboxylic acids is 2. The number of Topliss-reactive ketones (excluding diaryl/α,β-unsaturated/α-hetero) is 1. The number of imidazole rings is 1. The number of anilines is 1. The van der Waals surface area contributed by atoms with E-state index in [4.69, 9.17) is 0 Å². The highest BCUT2D eigenvalue weighted by molar-refractivity contribution is 6.04. The molecule has 0 aliphatic rings. The van der Waals surface area contributed by atoms with Crippen molar-refractivity contribution in [1.29, 1.82) is 0 Å². The molecule has 31 heavy (non-hydrogen) atoms. The molecule has 5 heteroatoms.